The topological polar surface area (TPSA) is 46.2 Å². The Morgan fingerprint density at radius 2 is 1.62 bits per heavy atom. The number of hydrogen-bond donors (Lipinski definition) is 1. The number of nitrogens with one attached hydrogen (secondary N) is 1. The van der Waals surface area contributed by atoms with Gasteiger partial charge in [-0.05, 0) is 19.8 Å². The van der Waals surface area contributed by atoms with Crippen LogP contribution in [0.2, 0.25) is 0 Å². The average Bonchev–Trinajstić information content (AvgIpc) is 2.21. The molecule has 0 heterocycles. The predicted octanol–water partition coefficient (Wildman–Crippen LogP) is 3.06. The van der Waals surface area contributed by atoms with Gasteiger partial charge in [-0.25, -0.2) is 13.1 Å². The van der Waals surface area contributed by atoms with Crippen LogP contribution in [0.4, 0.5) is 0 Å². The molecule has 0 saturated heterocycles. The maximum atomic E-state index is 11.6. The molecule has 1 unspecified atom stereocenters. The Bertz CT molecular complexity index is 250. The molecule has 0 aromatic heterocycles. The van der Waals surface area contributed by atoms with Gasteiger partial charge in [-0.3, -0.25) is 0 Å². The maximum absolute atomic E-state index is 11.6. The highest BCUT2D eigenvalue weighted by Gasteiger charge is 2.13. The van der Waals surface area contributed by atoms with Gasteiger partial charge in [-0.15, -0.1) is 0 Å². The zero-order valence-electron chi connectivity index (χ0n) is 11.0. The molecule has 3 nitrogen and oxygen atoms in total. The number of unbranched alkanes of at least 4 members (excludes halogenated alkanes) is 4. The van der Waals surface area contributed by atoms with E-state index in [9.17, 15) is 8.42 Å². The third kappa shape index (κ3) is 9.16. The van der Waals surface area contributed by atoms with Crippen LogP contribution >= 0.6 is 0 Å². The van der Waals surface area contributed by atoms with Gasteiger partial charge in [0.05, 0.1) is 5.75 Å². The van der Waals surface area contributed by atoms with Crippen molar-refractivity contribution in [3.8, 4) is 0 Å². The first kappa shape index (κ1) is 15.9. The fourth-order valence-corrected chi connectivity index (χ4v) is 3.15. The smallest absolute Gasteiger partial charge is 0.211 e. The molecule has 0 aliphatic heterocycles. The SMILES string of the molecule is CCCCCCC(C)NS(=O)(=O)CCCC. The first-order valence-electron chi connectivity index (χ1n) is 6.51. The van der Waals surface area contributed by atoms with Crippen molar-refractivity contribution in [1.82, 2.24) is 4.72 Å². The van der Waals surface area contributed by atoms with Crippen molar-refractivity contribution in [2.75, 3.05) is 5.75 Å². The van der Waals surface area contributed by atoms with Gasteiger partial charge < -0.3 is 0 Å². The van der Waals surface area contributed by atoms with Crippen LogP contribution in [-0.4, -0.2) is 20.2 Å². The second-order valence-electron chi connectivity index (χ2n) is 4.54. The van der Waals surface area contributed by atoms with Crippen molar-refractivity contribution in [2.24, 2.45) is 0 Å². The molecular formula is C12H27NO2S. The van der Waals surface area contributed by atoms with Crippen molar-refractivity contribution in [3.05, 3.63) is 0 Å². The molecule has 0 aromatic carbocycles. The summed E-state index contributed by atoms with van der Waals surface area (Å²) >= 11 is 0. The minimum absolute atomic E-state index is 0.0821. The Balaban J connectivity index is 3.72. The van der Waals surface area contributed by atoms with E-state index in [-0.39, 0.29) is 11.8 Å². The molecule has 16 heavy (non-hydrogen) atoms. The van der Waals surface area contributed by atoms with E-state index in [2.05, 4.69) is 11.6 Å². The zero-order valence-corrected chi connectivity index (χ0v) is 11.8. The molecule has 0 saturated carbocycles. The van der Waals surface area contributed by atoms with E-state index in [1.165, 1.54) is 19.3 Å². The molecule has 0 aromatic rings. The lowest BCUT2D eigenvalue weighted by molar-refractivity contribution is 0.520. The summed E-state index contributed by atoms with van der Waals surface area (Å²) in [6, 6.07) is 0.0821. The molecule has 0 radical (unpaired) electrons. The van der Waals surface area contributed by atoms with Gasteiger partial charge in [0.25, 0.3) is 0 Å². The van der Waals surface area contributed by atoms with Crippen LogP contribution in [0.1, 0.15) is 65.7 Å². The molecule has 1 atom stereocenters. The van der Waals surface area contributed by atoms with Gasteiger partial charge in [0.15, 0.2) is 0 Å². The Hall–Kier alpha value is -0.0900. The fraction of sp³-hybridized carbons (Fsp3) is 1.00. The lowest BCUT2D eigenvalue weighted by Gasteiger charge is -2.13. The lowest BCUT2D eigenvalue weighted by atomic mass is 10.1. The van der Waals surface area contributed by atoms with Crippen LogP contribution in [0.15, 0.2) is 0 Å². The van der Waals surface area contributed by atoms with E-state index in [0.717, 1.165) is 25.7 Å². The van der Waals surface area contributed by atoms with E-state index in [1.54, 1.807) is 0 Å². The average molecular weight is 249 g/mol. The molecular weight excluding hydrogens is 222 g/mol. The van der Waals surface area contributed by atoms with Gasteiger partial charge >= 0.3 is 0 Å². The van der Waals surface area contributed by atoms with Crippen molar-refractivity contribution in [2.45, 2.75) is 71.8 Å². The minimum Gasteiger partial charge on any atom is -0.212 e. The molecule has 0 bridgehead atoms. The molecule has 4 heteroatoms. The van der Waals surface area contributed by atoms with Crippen LogP contribution in [0.25, 0.3) is 0 Å². The van der Waals surface area contributed by atoms with Gasteiger partial charge in [-0.2, -0.15) is 0 Å². The van der Waals surface area contributed by atoms with Crippen LogP contribution < -0.4 is 4.72 Å². The van der Waals surface area contributed by atoms with Crippen LogP contribution in [0.5, 0.6) is 0 Å². The van der Waals surface area contributed by atoms with E-state index in [0.29, 0.717) is 0 Å². The molecule has 0 spiro atoms. The summed E-state index contributed by atoms with van der Waals surface area (Å²) in [4.78, 5) is 0. The molecule has 0 rings (SSSR count). The summed E-state index contributed by atoms with van der Waals surface area (Å²) in [6.45, 7) is 6.13. The molecule has 0 aliphatic rings. The fourth-order valence-electron chi connectivity index (χ4n) is 1.64. The van der Waals surface area contributed by atoms with E-state index < -0.39 is 10.0 Å². The van der Waals surface area contributed by atoms with Crippen LogP contribution in [0, 0.1) is 0 Å². The summed E-state index contributed by atoms with van der Waals surface area (Å²) < 4.78 is 25.9. The summed E-state index contributed by atoms with van der Waals surface area (Å²) in [5.41, 5.74) is 0. The second kappa shape index (κ2) is 8.99. The predicted molar refractivity (Wildman–Crippen MR) is 70.1 cm³/mol. The monoisotopic (exact) mass is 249 g/mol. The van der Waals surface area contributed by atoms with Crippen molar-refractivity contribution in [3.63, 3.8) is 0 Å². The van der Waals surface area contributed by atoms with Gasteiger partial charge in [0.1, 0.15) is 0 Å². The van der Waals surface area contributed by atoms with E-state index in [1.807, 2.05) is 13.8 Å². The zero-order chi connectivity index (χ0) is 12.4. The highest BCUT2D eigenvalue weighted by Crippen LogP contribution is 2.06. The molecule has 0 fully saturated rings. The second-order valence-corrected chi connectivity index (χ2v) is 6.41. The van der Waals surface area contributed by atoms with Crippen molar-refractivity contribution in [1.29, 1.82) is 0 Å². The summed E-state index contributed by atoms with van der Waals surface area (Å²) in [6.07, 6.45) is 7.41. The summed E-state index contributed by atoms with van der Waals surface area (Å²) in [7, 11) is -3.04. The van der Waals surface area contributed by atoms with Crippen molar-refractivity contribution < 1.29 is 8.42 Å². The highest BCUT2D eigenvalue weighted by atomic mass is 32.2. The Morgan fingerprint density at radius 3 is 2.19 bits per heavy atom. The summed E-state index contributed by atoms with van der Waals surface area (Å²) in [5, 5.41) is 0. The van der Waals surface area contributed by atoms with Crippen molar-refractivity contribution >= 4 is 10.0 Å². The number of hydrogen-bond acceptors (Lipinski definition) is 2. The Kier molecular flexibility index (Phi) is 8.94. The third-order valence-electron chi connectivity index (χ3n) is 2.64. The molecule has 1 N–H and O–H groups in total. The lowest BCUT2D eigenvalue weighted by Crippen LogP contribution is -2.34. The largest absolute Gasteiger partial charge is 0.212 e. The third-order valence-corrected chi connectivity index (χ3v) is 4.23. The molecule has 98 valence electrons. The van der Waals surface area contributed by atoms with Gasteiger partial charge in [0, 0.05) is 6.04 Å². The number of sulfonamides is 1. The van der Waals surface area contributed by atoms with E-state index >= 15 is 0 Å². The molecule has 0 amide bonds. The first-order valence-corrected chi connectivity index (χ1v) is 8.17. The highest BCUT2D eigenvalue weighted by molar-refractivity contribution is 7.89. The Labute approximate surface area is 101 Å². The van der Waals surface area contributed by atoms with Gasteiger partial charge in [0.2, 0.25) is 10.0 Å². The first-order chi connectivity index (χ1) is 7.52. The maximum Gasteiger partial charge on any atom is 0.211 e. The standard InChI is InChI=1S/C12H27NO2S/c1-4-6-8-9-10-12(3)13-16(14,15)11-7-5-2/h12-13H,4-11H2,1-3H3. The van der Waals surface area contributed by atoms with E-state index in [4.69, 9.17) is 0 Å². The minimum atomic E-state index is -3.04. The van der Waals surface area contributed by atoms with Crippen LogP contribution in [0.3, 0.4) is 0 Å². The quantitative estimate of drug-likeness (QED) is 0.605. The van der Waals surface area contributed by atoms with Crippen LogP contribution in [-0.2, 0) is 10.0 Å². The molecule has 0 aliphatic carbocycles. The number of rotatable bonds is 10. The summed E-state index contributed by atoms with van der Waals surface area (Å²) in [5.74, 6) is 0.267. The van der Waals surface area contributed by atoms with Gasteiger partial charge in [-0.1, -0.05) is 46.0 Å². The Morgan fingerprint density at radius 1 is 1.00 bits per heavy atom. The normalized spacial score (nSPS) is 13.9.